The van der Waals surface area contributed by atoms with E-state index in [1.165, 1.54) is 18.2 Å². The summed E-state index contributed by atoms with van der Waals surface area (Å²) in [5.74, 6) is -0.0710. The quantitative estimate of drug-likeness (QED) is 0.550. The zero-order chi connectivity index (χ0) is 12.6. The van der Waals surface area contributed by atoms with Crippen LogP contribution >= 0.6 is 7.60 Å². The summed E-state index contributed by atoms with van der Waals surface area (Å²) >= 11 is 0. The van der Waals surface area contributed by atoms with Crippen molar-refractivity contribution in [2.75, 3.05) is 0 Å². The minimum atomic E-state index is -4.29. The molecule has 6 nitrogen and oxygen atoms in total. The number of phenolic OH excluding ortho intramolecular Hbond substituents is 1. The van der Waals surface area contributed by atoms with Gasteiger partial charge in [-0.3, -0.25) is 4.57 Å². The van der Waals surface area contributed by atoms with Gasteiger partial charge in [0.2, 0.25) is 0 Å². The maximum absolute atomic E-state index is 11.2. The van der Waals surface area contributed by atoms with Gasteiger partial charge in [0.1, 0.15) is 11.3 Å². The summed E-state index contributed by atoms with van der Waals surface area (Å²) < 4.78 is 15.8. The number of aromatic hydroxyl groups is 1. The molecular weight excluding hydrogens is 247 g/mol. The summed E-state index contributed by atoms with van der Waals surface area (Å²) in [5, 5.41) is 9.62. The first-order chi connectivity index (χ1) is 7.85. The zero-order valence-corrected chi connectivity index (χ0v) is 9.42. The fourth-order valence-corrected chi connectivity index (χ4v) is 2.27. The van der Waals surface area contributed by atoms with Gasteiger partial charge in [0.05, 0.1) is 6.16 Å². The first-order valence-electron chi connectivity index (χ1n) is 4.65. The highest BCUT2D eigenvalue weighted by Gasteiger charge is 2.17. The zero-order valence-electron chi connectivity index (χ0n) is 8.53. The Labute approximate surface area is 95.3 Å². The van der Waals surface area contributed by atoms with Crippen molar-refractivity contribution < 1.29 is 23.9 Å². The van der Waals surface area contributed by atoms with Gasteiger partial charge in [-0.1, -0.05) is 0 Å². The SMILES string of the molecule is O=c1cc(CP(=O)(O)O)c2cc(O)ccc2o1. The van der Waals surface area contributed by atoms with Gasteiger partial charge in [-0.05, 0) is 23.8 Å². The third-order valence-corrected chi connectivity index (χ3v) is 2.94. The van der Waals surface area contributed by atoms with Crippen LogP contribution in [0.15, 0.2) is 33.5 Å². The van der Waals surface area contributed by atoms with Crippen LogP contribution in [0.3, 0.4) is 0 Å². The van der Waals surface area contributed by atoms with Crippen LogP contribution in [0.5, 0.6) is 5.75 Å². The second-order valence-corrected chi connectivity index (χ2v) is 5.24. The third kappa shape index (κ3) is 2.74. The Morgan fingerprint density at radius 2 is 1.94 bits per heavy atom. The number of benzene rings is 1. The second kappa shape index (κ2) is 4.00. The lowest BCUT2D eigenvalue weighted by atomic mass is 10.1. The van der Waals surface area contributed by atoms with Crippen molar-refractivity contribution in [2.45, 2.75) is 6.16 Å². The monoisotopic (exact) mass is 256 g/mol. The number of hydrogen-bond acceptors (Lipinski definition) is 4. The van der Waals surface area contributed by atoms with Gasteiger partial charge in [0.15, 0.2) is 0 Å². The van der Waals surface area contributed by atoms with Crippen molar-refractivity contribution in [3.05, 3.63) is 40.2 Å². The molecule has 0 radical (unpaired) electrons. The lowest BCUT2D eigenvalue weighted by Crippen LogP contribution is -2.01. The first-order valence-corrected chi connectivity index (χ1v) is 6.45. The molecule has 0 atom stereocenters. The van der Waals surface area contributed by atoms with E-state index in [9.17, 15) is 14.5 Å². The topological polar surface area (TPSA) is 108 Å². The van der Waals surface area contributed by atoms with E-state index in [-0.39, 0.29) is 16.9 Å². The van der Waals surface area contributed by atoms with Crippen LogP contribution < -0.4 is 5.63 Å². The number of phenols is 1. The molecule has 90 valence electrons. The standard InChI is InChI=1S/C10H9O6P/c11-7-1-2-9-8(4-7)6(3-10(12)16-9)5-17(13,14)15/h1-4,11H,5H2,(H2,13,14,15). The van der Waals surface area contributed by atoms with E-state index in [1.807, 2.05) is 0 Å². The predicted molar refractivity (Wildman–Crippen MR) is 59.9 cm³/mol. The van der Waals surface area contributed by atoms with Crippen LogP contribution in [-0.4, -0.2) is 14.9 Å². The minimum Gasteiger partial charge on any atom is -0.508 e. The molecule has 0 aliphatic rings. The average Bonchev–Trinajstić information content (AvgIpc) is 2.16. The van der Waals surface area contributed by atoms with Gasteiger partial charge in [-0.25, -0.2) is 4.79 Å². The summed E-state index contributed by atoms with van der Waals surface area (Å²) in [7, 11) is -4.29. The average molecular weight is 256 g/mol. The highest BCUT2D eigenvalue weighted by molar-refractivity contribution is 7.50. The van der Waals surface area contributed by atoms with Crippen LogP contribution in [0, 0.1) is 0 Å². The Morgan fingerprint density at radius 3 is 2.59 bits per heavy atom. The molecule has 3 N–H and O–H groups in total. The molecule has 1 heterocycles. The van der Waals surface area contributed by atoms with Gasteiger partial charge in [0.25, 0.3) is 0 Å². The van der Waals surface area contributed by atoms with Crippen LogP contribution in [0.25, 0.3) is 11.0 Å². The van der Waals surface area contributed by atoms with Crippen molar-refractivity contribution in [2.24, 2.45) is 0 Å². The van der Waals surface area contributed by atoms with Gasteiger partial charge in [0, 0.05) is 11.5 Å². The molecule has 2 rings (SSSR count). The Bertz CT molecular complexity index is 668. The van der Waals surface area contributed by atoms with Crippen molar-refractivity contribution in [1.82, 2.24) is 0 Å². The van der Waals surface area contributed by atoms with Crippen LogP contribution in [0.4, 0.5) is 0 Å². The third-order valence-electron chi connectivity index (χ3n) is 2.19. The first kappa shape index (κ1) is 11.9. The molecule has 0 bridgehead atoms. The fourth-order valence-electron chi connectivity index (χ4n) is 1.57. The molecular formula is C10H9O6P. The number of hydrogen-bond donors (Lipinski definition) is 3. The molecule has 17 heavy (non-hydrogen) atoms. The molecule has 0 fully saturated rings. The van der Waals surface area contributed by atoms with Crippen LogP contribution in [0.1, 0.15) is 5.56 Å². The molecule has 0 unspecified atom stereocenters. The maximum Gasteiger partial charge on any atom is 0.336 e. The summed E-state index contributed by atoms with van der Waals surface area (Å²) in [6, 6.07) is 5.01. The van der Waals surface area contributed by atoms with Crippen molar-refractivity contribution in [3.63, 3.8) is 0 Å². The lowest BCUT2D eigenvalue weighted by molar-refractivity contribution is 0.371. The van der Waals surface area contributed by atoms with E-state index in [0.29, 0.717) is 5.39 Å². The van der Waals surface area contributed by atoms with Gasteiger partial charge in [-0.2, -0.15) is 0 Å². The predicted octanol–water partition coefficient (Wildman–Crippen LogP) is 1.18. The molecule has 0 aliphatic heterocycles. The summed E-state index contributed by atoms with van der Waals surface area (Å²) in [5.41, 5.74) is -0.356. The molecule has 0 saturated heterocycles. The highest BCUT2D eigenvalue weighted by atomic mass is 31.2. The number of fused-ring (bicyclic) bond motifs is 1. The van der Waals surface area contributed by atoms with Gasteiger partial charge < -0.3 is 19.3 Å². The van der Waals surface area contributed by atoms with Crippen LogP contribution in [-0.2, 0) is 10.7 Å². The van der Waals surface area contributed by atoms with Crippen LogP contribution in [0.2, 0.25) is 0 Å². The Kier molecular flexibility index (Phi) is 2.79. The van der Waals surface area contributed by atoms with E-state index in [0.717, 1.165) is 6.07 Å². The molecule has 1 aromatic carbocycles. The smallest absolute Gasteiger partial charge is 0.336 e. The molecule has 7 heteroatoms. The maximum atomic E-state index is 11.2. The molecule has 0 aliphatic carbocycles. The van der Waals surface area contributed by atoms with E-state index in [2.05, 4.69) is 0 Å². The van der Waals surface area contributed by atoms with Crippen molar-refractivity contribution in [3.8, 4) is 5.75 Å². The molecule has 2 aromatic rings. The molecule has 0 spiro atoms. The number of rotatable bonds is 2. The normalized spacial score (nSPS) is 11.9. The Balaban J connectivity index is 2.72. The van der Waals surface area contributed by atoms with E-state index < -0.39 is 19.4 Å². The summed E-state index contributed by atoms with van der Waals surface area (Å²) in [6.07, 6.45) is -0.571. The minimum absolute atomic E-state index is 0.0710. The largest absolute Gasteiger partial charge is 0.508 e. The van der Waals surface area contributed by atoms with Gasteiger partial charge in [-0.15, -0.1) is 0 Å². The Hall–Kier alpha value is -1.62. The van der Waals surface area contributed by atoms with E-state index >= 15 is 0 Å². The van der Waals surface area contributed by atoms with Crippen molar-refractivity contribution in [1.29, 1.82) is 0 Å². The molecule has 1 aromatic heterocycles. The molecule has 0 amide bonds. The van der Waals surface area contributed by atoms with E-state index in [1.54, 1.807) is 0 Å². The Morgan fingerprint density at radius 1 is 1.24 bits per heavy atom. The summed E-state index contributed by atoms with van der Waals surface area (Å²) in [4.78, 5) is 29.0. The van der Waals surface area contributed by atoms with Gasteiger partial charge >= 0.3 is 13.2 Å². The second-order valence-electron chi connectivity index (χ2n) is 3.59. The lowest BCUT2D eigenvalue weighted by Gasteiger charge is -2.06. The van der Waals surface area contributed by atoms with E-state index in [4.69, 9.17) is 14.2 Å². The molecule has 0 saturated carbocycles. The highest BCUT2D eigenvalue weighted by Crippen LogP contribution is 2.40. The fraction of sp³-hybridized carbons (Fsp3) is 0.100. The van der Waals surface area contributed by atoms with Crippen molar-refractivity contribution >= 4 is 18.6 Å². The summed E-state index contributed by atoms with van der Waals surface area (Å²) in [6.45, 7) is 0.